The second kappa shape index (κ2) is 6.05. The minimum Gasteiger partial charge on any atom is -0.493 e. The Morgan fingerprint density at radius 3 is 2.60 bits per heavy atom. The van der Waals surface area contributed by atoms with Crippen molar-refractivity contribution in [3.8, 4) is 11.8 Å². The van der Waals surface area contributed by atoms with Crippen molar-refractivity contribution < 1.29 is 4.74 Å². The summed E-state index contributed by atoms with van der Waals surface area (Å²) in [6.45, 7) is 2.60. The topological polar surface area (TPSA) is 45.0 Å². The molecule has 1 atom stereocenters. The lowest BCUT2D eigenvalue weighted by molar-refractivity contribution is 0.300. The molecule has 0 spiro atoms. The summed E-state index contributed by atoms with van der Waals surface area (Å²) in [5.74, 6) is 0.855. The third kappa shape index (κ3) is 4.01. The maximum Gasteiger partial charge on any atom is 0.119 e. The third-order valence-electron chi connectivity index (χ3n) is 2.20. The summed E-state index contributed by atoms with van der Waals surface area (Å²) in [6.07, 6.45) is 0.695. The van der Waals surface area contributed by atoms with Crippen molar-refractivity contribution >= 4 is 0 Å². The summed E-state index contributed by atoms with van der Waals surface area (Å²) in [5, 5.41) is 11.6. The van der Waals surface area contributed by atoms with E-state index in [0.717, 1.165) is 5.75 Å². The molecular weight excluding hydrogens is 188 g/mol. The summed E-state index contributed by atoms with van der Waals surface area (Å²) in [7, 11) is 1.78. The van der Waals surface area contributed by atoms with Gasteiger partial charge in [-0.2, -0.15) is 5.26 Å². The van der Waals surface area contributed by atoms with Crippen LogP contribution in [0.4, 0.5) is 0 Å². The zero-order valence-corrected chi connectivity index (χ0v) is 9.16. The van der Waals surface area contributed by atoms with Crippen LogP contribution in [0, 0.1) is 18.3 Å². The van der Waals surface area contributed by atoms with Crippen LogP contribution in [0.15, 0.2) is 24.3 Å². The van der Waals surface area contributed by atoms with Gasteiger partial charge in [0.2, 0.25) is 0 Å². The van der Waals surface area contributed by atoms with Gasteiger partial charge in [0.25, 0.3) is 0 Å². The van der Waals surface area contributed by atoms with E-state index >= 15 is 0 Å². The molecule has 0 amide bonds. The molecule has 0 radical (unpaired) electrons. The summed E-state index contributed by atoms with van der Waals surface area (Å²) in [4.78, 5) is 0. The minimum atomic E-state index is -0.129. The highest BCUT2D eigenvalue weighted by molar-refractivity contribution is 5.26. The predicted octanol–water partition coefficient (Wildman–Crippen LogP) is 1.88. The van der Waals surface area contributed by atoms with Crippen molar-refractivity contribution in [3.63, 3.8) is 0 Å². The maximum absolute atomic E-state index is 8.69. The lowest BCUT2D eigenvalue weighted by atomic mass is 10.2. The van der Waals surface area contributed by atoms with Crippen LogP contribution in [0.2, 0.25) is 0 Å². The normalized spacial score (nSPS) is 11.8. The van der Waals surface area contributed by atoms with Crippen LogP contribution < -0.4 is 10.1 Å². The van der Waals surface area contributed by atoms with E-state index in [4.69, 9.17) is 10.00 Å². The molecule has 1 unspecified atom stereocenters. The maximum atomic E-state index is 8.69. The van der Waals surface area contributed by atoms with Gasteiger partial charge in [-0.3, -0.25) is 0 Å². The smallest absolute Gasteiger partial charge is 0.119 e. The molecule has 15 heavy (non-hydrogen) atoms. The molecule has 1 aromatic carbocycles. The number of rotatable bonds is 5. The van der Waals surface area contributed by atoms with Gasteiger partial charge in [0, 0.05) is 6.42 Å². The highest BCUT2D eigenvalue weighted by Crippen LogP contribution is 2.11. The Morgan fingerprint density at radius 1 is 1.40 bits per heavy atom. The van der Waals surface area contributed by atoms with Crippen molar-refractivity contribution in [3.05, 3.63) is 29.8 Å². The Kier molecular flexibility index (Phi) is 4.65. The van der Waals surface area contributed by atoms with E-state index < -0.39 is 0 Å². The monoisotopic (exact) mass is 204 g/mol. The van der Waals surface area contributed by atoms with Crippen LogP contribution >= 0.6 is 0 Å². The van der Waals surface area contributed by atoms with Gasteiger partial charge in [0.05, 0.1) is 18.7 Å². The lowest BCUT2D eigenvalue weighted by Crippen LogP contribution is -2.25. The highest BCUT2D eigenvalue weighted by Gasteiger charge is 2.03. The van der Waals surface area contributed by atoms with E-state index in [9.17, 15) is 0 Å². The molecule has 1 rings (SSSR count). The molecule has 0 aliphatic carbocycles. The molecule has 3 heteroatoms. The Balaban J connectivity index is 2.32. The van der Waals surface area contributed by atoms with Crippen molar-refractivity contribution in [1.82, 2.24) is 5.32 Å². The zero-order chi connectivity index (χ0) is 11.1. The van der Waals surface area contributed by atoms with E-state index in [2.05, 4.69) is 11.4 Å². The second-order valence-electron chi connectivity index (χ2n) is 3.42. The molecule has 0 heterocycles. The van der Waals surface area contributed by atoms with Gasteiger partial charge in [0.1, 0.15) is 5.75 Å². The second-order valence-corrected chi connectivity index (χ2v) is 3.42. The minimum absolute atomic E-state index is 0.129. The Labute approximate surface area is 90.7 Å². The average molecular weight is 204 g/mol. The molecule has 1 aromatic rings. The largest absolute Gasteiger partial charge is 0.493 e. The molecule has 80 valence electrons. The number of hydrogen-bond donors (Lipinski definition) is 1. The Morgan fingerprint density at radius 2 is 2.07 bits per heavy atom. The van der Waals surface area contributed by atoms with Gasteiger partial charge in [-0.05, 0) is 26.1 Å². The molecule has 0 fully saturated rings. The number of ether oxygens (including phenoxy) is 1. The van der Waals surface area contributed by atoms with Crippen LogP contribution in [-0.4, -0.2) is 19.7 Å². The first-order valence-electron chi connectivity index (χ1n) is 5.02. The Bertz CT molecular complexity index is 326. The number of nitrogens with zero attached hydrogens (tertiary/aromatic N) is 1. The van der Waals surface area contributed by atoms with E-state index in [-0.39, 0.29) is 6.04 Å². The number of aryl methyl sites for hydroxylation is 1. The summed E-state index contributed by atoms with van der Waals surface area (Å²) in [5.41, 5.74) is 1.22. The molecule has 0 aliphatic heterocycles. The fraction of sp³-hybridized carbons (Fsp3) is 0.417. The molecule has 3 nitrogen and oxygen atoms in total. The SMILES string of the molecule is CNC(C#N)CCOc1ccc(C)cc1. The van der Waals surface area contributed by atoms with Gasteiger partial charge >= 0.3 is 0 Å². The average Bonchev–Trinajstić information content (AvgIpc) is 2.27. The standard InChI is InChI=1S/C12H16N2O/c1-10-3-5-12(6-4-10)15-8-7-11(9-13)14-2/h3-6,11,14H,7-8H2,1-2H3. The van der Waals surface area contributed by atoms with Crippen molar-refractivity contribution in [2.75, 3.05) is 13.7 Å². The number of benzene rings is 1. The first-order chi connectivity index (χ1) is 7.26. The van der Waals surface area contributed by atoms with E-state index in [0.29, 0.717) is 13.0 Å². The number of nitriles is 1. The predicted molar refractivity (Wildman–Crippen MR) is 59.8 cm³/mol. The van der Waals surface area contributed by atoms with E-state index in [1.165, 1.54) is 5.56 Å². The summed E-state index contributed by atoms with van der Waals surface area (Å²) >= 11 is 0. The van der Waals surface area contributed by atoms with Crippen LogP contribution in [0.5, 0.6) is 5.75 Å². The van der Waals surface area contributed by atoms with Gasteiger partial charge in [-0.25, -0.2) is 0 Å². The van der Waals surface area contributed by atoms with Crippen molar-refractivity contribution in [2.24, 2.45) is 0 Å². The van der Waals surface area contributed by atoms with Crippen molar-refractivity contribution in [1.29, 1.82) is 5.26 Å². The van der Waals surface area contributed by atoms with Gasteiger partial charge < -0.3 is 10.1 Å². The number of hydrogen-bond acceptors (Lipinski definition) is 3. The van der Waals surface area contributed by atoms with E-state index in [1.54, 1.807) is 7.05 Å². The summed E-state index contributed by atoms with van der Waals surface area (Å²) in [6, 6.07) is 9.93. The Hall–Kier alpha value is -1.53. The van der Waals surface area contributed by atoms with Gasteiger partial charge in [0.15, 0.2) is 0 Å². The lowest BCUT2D eigenvalue weighted by Gasteiger charge is -2.09. The van der Waals surface area contributed by atoms with Crippen LogP contribution in [0.25, 0.3) is 0 Å². The molecule has 0 aliphatic rings. The quantitative estimate of drug-likeness (QED) is 0.796. The molecule has 0 saturated carbocycles. The molecule has 1 N–H and O–H groups in total. The van der Waals surface area contributed by atoms with Gasteiger partial charge in [-0.15, -0.1) is 0 Å². The van der Waals surface area contributed by atoms with E-state index in [1.807, 2.05) is 31.2 Å². The summed E-state index contributed by atoms with van der Waals surface area (Å²) < 4.78 is 5.50. The zero-order valence-electron chi connectivity index (χ0n) is 9.16. The van der Waals surface area contributed by atoms with Gasteiger partial charge in [-0.1, -0.05) is 17.7 Å². The van der Waals surface area contributed by atoms with Crippen LogP contribution in [-0.2, 0) is 0 Å². The molecule has 0 saturated heterocycles. The molecular formula is C12H16N2O. The van der Waals surface area contributed by atoms with Crippen molar-refractivity contribution in [2.45, 2.75) is 19.4 Å². The van der Waals surface area contributed by atoms with Crippen LogP contribution in [0.1, 0.15) is 12.0 Å². The third-order valence-corrected chi connectivity index (χ3v) is 2.20. The number of nitrogens with one attached hydrogen (secondary N) is 1. The van der Waals surface area contributed by atoms with Crippen LogP contribution in [0.3, 0.4) is 0 Å². The molecule has 0 aromatic heterocycles. The fourth-order valence-electron chi connectivity index (χ4n) is 1.20. The highest BCUT2D eigenvalue weighted by atomic mass is 16.5. The first-order valence-corrected chi connectivity index (χ1v) is 5.02. The fourth-order valence-corrected chi connectivity index (χ4v) is 1.20. The molecule has 0 bridgehead atoms. The first kappa shape index (κ1) is 11.5.